The van der Waals surface area contributed by atoms with Gasteiger partial charge in [0.05, 0.1) is 19.0 Å². The molecule has 0 fully saturated rings. The molecule has 86 valence electrons. The molecular formula is C10H18N2O3. The molecule has 1 rings (SSSR count). The van der Waals surface area contributed by atoms with Gasteiger partial charge in [0.2, 0.25) is 0 Å². The fourth-order valence-corrected chi connectivity index (χ4v) is 1.17. The van der Waals surface area contributed by atoms with Crippen LogP contribution in [0.15, 0.2) is 12.4 Å². The lowest BCUT2D eigenvalue weighted by Crippen LogP contribution is -2.03. The van der Waals surface area contributed by atoms with E-state index in [1.165, 1.54) is 0 Å². The van der Waals surface area contributed by atoms with E-state index >= 15 is 0 Å². The third kappa shape index (κ3) is 4.80. The zero-order chi connectivity index (χ0) is 10.9. The van der Waals surface area contributed by atoms with Crippen molar-refractivity contribution in [2.75, 3.05) is 26.9 Å². The lowest BCUT2D eigenvalue weighted by Gasteiger charge is -2.01. The molecule has 0 amide bonds. The summed E-state index contributed by atoms with van der Waals surface area (Å²) in [6.45, 7) is 2.17. The van der Waals surface area contributed by atoms with Crippen molar-refractivity contribution in [1.29, 1.82) is 0 Å². The Bertz CT molecular complexity index is 238. The fourth-order valence-electron chi connectivity index (χ4n) is 1.17. The maximum atomic E-state index is 8.62. The van der Waals surface area contributed by atoms with Crippen molar-refractivity contribution in [2.45, 2.75) is 19.4 Å². The smallest absolute Gasteiger partial charge is 0.157 e. The molecule has 0 aliphatic rings. The molecule has 0 saturated heterocycles. The van der Waals surface area contributed by atoms with Crippen molar-refractivity contribution >= 4 is 0 Å². The molecule has 1 N–H and O–H groups in total. The normalized spacial score (nSPS) is 10.5. The van der Waals surface area contributed by atoms with E-state index in [4.69, 9.17) is 14.6 Å². The minimum Gasteiger partial charge on any atom is -0.488 e. The summed E-state index contributed by atoms with van der Waals surface area (Å²) in [6.07, 6.45) is 5.27. The van der Waals surface area contributed by atoms with Gasteiger partial charge in [-0.2, -0.15) is 5.10 Å². The molecule has 0 aromatic carbocycles. The number of aryl methyl sites for hydroxylation is 1. The van der Waals surface area contributed by atoms with E-state index in [2.05, 4.69) is 5.10 Å². The van der Waals surface area contributed by atoms with Crippen LogP contribution in [0, 0.1) is 0 Å². The first-order valence-electron chi connectivity index (χ1n) is 5.12. The lowest BCUT2D eigenvalue weighted by atomic mass is 10.3. The Morgan fingerprint density at radius 2 is 2.27 bits per heavy atom. The van der Waals surface area contributed by atoms with Crippen LogP contribution in [-0.4, -0.2) is 41.8 Å². The van der Waals surface area contributed by atoms with Gasteiger partial charge in [-0.25, -0.2) is 0 Å². The Hall–Kier alpha value is -1.07. The zero-order valence-corrected chi connectivity index (χ0v) is 9.06. The Labute approximate surface area is 89.6 Å². The Kier molecular flexibility index (Phi) is 5.80. The van der Waals surface area contributed by atoms with E-state index in [9.17, 15) is 0 Å². The Morgan fingerprint density at radius 1 is 1.40 bits per heavy atom. The van der Waals surface area contributed by atoms with Gasteiger partial charge < -0.3 is 14.6 Å². The minimum atomic E-state index is 0.235. The second kappa shape index (κ2) is 7.25. The maximum Gasteiger partial charge on any atom is 0.157 e. The third-order valence-electron chi connectivity index (χ3n) is 1.96. The second-order valence-electron chi connectivity index (χ2n) is 3.21. The SMILES string of the molecule is COCCOc1cnn(CCCCO)c1. The van der Waals surface area contributed by atoms with E-state index in [0.717, 1.165) is 25.1 Å². The topological polar surface area (TPSA) is 56.5 Å². The molecule has 1 aromatic rings. The summed E-state index contributed by atoms with van der Waals surface area (Å²) in [6, 6.07) is 0. The van der Waals surface area contributed by atoms with Crippen LogP contribution in [0.4, 0.5) is 0 Å². The molecular weight excluding hydrogens is 196 g/mol. The molecule has 1 heterocycles. The number of aliphatic hydroxyl groups is 1. The largest absolute Gasteiger partial charge is 0.488 e. The van der Waals surface area contributed by atoms with Crippen LogP contribution in [0.2, 0.25) is 0 Å². The fraction of sp³-hybridized carbons (Fsp3) is 0.700. The number of aliphatic hydroxyl groups excluding tert-OH is 1. The minimum absolute atomic E-state index is 0.235. The van der Waals surface area contributed by atoms with E-state index in [1.54, 1.807) is 13.3 Å². The van der Waals surface area contributed by atoms with Crippen LogP contribution in [0.5, 0.6) is 5.75 Å². The summed E-state index contributed by atoms with van der Waals surface area (Å²) in [4.78, 5) is 0. The third-order valence-corrected chi connectivity index (χ3v) is 1.96. The van der Waals surface area contributed by atoms with Crippen molar-refractivity contribution in [3.63, 3.8) is 0 Å². The molecule has 0 aliphatic heterocycles. The average Bonchev–Trinajstić information content (AvgIpc) is 2.67. The molecule has 0 aliphatic carbocycles. The van der Waals surface area contributed by atoms with Gasteiger partial charge in [0, 0.05) is 20.3 Å². The van der Waals surface area contributed by atoms with Gasteiger partial charge in [-0.3, -0.25) is 4.68 Å². The van der Waals surface area contributed by atoms with Gasteiger partial charge in [-0.05, 0) is 12.8 Å². The zero-order valence-electron chi connectivity index (χ0n) is 9.06. The molecule has 0 atom stereocenters. The number of hydrogen-bond donors (Lipinski definition) is 1. The highest BCUT2D eigenvalue weighted by Gasteiger charge is 1.98. The number of ether oxygens (including phenoxy) is 2. The number of hydrogen-bond acceptors (Lipinski definition) is 4. The number of methoxy groups -OCH3 is 1. The van der Waals surface area contributed by atoms with Crippen LogP contribution in [-0.2, 0) is 11.3 Å². The van der Waals surface area contributed by atoms with Crippen molar-refractivity contribution in [3.8, 4) is 5.75 Å². The van der Waals surface area contributed by atoms with Gasteiger partial charge in [-0.1, -0.05) is 0 Å². The number of rotatable bonds is 8. The average molecular weight is 214 g/mol. The van der Waals surface area contributed by atoms with Gasteiger partial charge >= 0.3 is 0 Å². The summed E-state index contributed by atoms with van der Waals surface area (Å²) in [5.41, 5.74) is 0. The molecule has 5 nitrogen and oxygen atoms in total. The molecule has 15 heavy (non-hydrogen) atoms. The van der Waals surface area contributed by atoms with Crippen molar-refractivity contribution in [1.82, 2.24) is 9.78 Å². The van der Waals surface area contributed by atoms with Crippen LogP contribution in [0.25, 0.3) is 0 Å². The standard InChI is InChI=1S/C10H18N2O3/c1-14-6-7-15-10-8-11-12(9-10)4-2-3-5-13/h8-9,13H,2-7H2,1H3. The Balaban J connectivity index is 2.23. The van der Waals surface area contributed by atoms with Gasteiger partial charge in [0.1, 0.15) is 6.61 Å². The second-order valence-corrected chi connectivity index (χ2v) is 3.21. The van der Waals surface area contributed by atoms with E-state index in [1.807, 2.05) is 10.9 Å². The van der Waals surface area contributed by atoms with E-state index < -0.39 is 0 Å². The highest BCUT2D eigenvalue weighted by molar-refractivity contribution is 5.11. The molecule has 0 bridgehead atoms. The lowest BCUT2D eigenvalue weighted by molar-refractivity contribution is 0.146. The first-order chi connectivity index (χ1) is 7.36. The molecule has 0 saturated carbocycles. The molecule has 0 unspecified atom stereocenters. The summed E-state index contributed by atoms with van der Waals surface area (Å²) in [7, 11) is 1.64. The summed E-state index contributed by atoms with van der Waals surface area (Å²) >= 11 is 0. The van der Waals surface area contributed by atoms with Crippen molar-refractivity contribution in [3.05, 3.63) is 12.4 Å². The highest BCUT2D eigenvalue weighted by Crippen LogP contribution is 2.08. The van der Waals surface area contributed by atoms with E-state index in [-0.39, 0.29) is 6.61 Å². The van der Waals surface area contributed by atoms with Gasteiger partial charge in [0.25, 0.3) is 0 Å². The number of aromatic nitrogens is 2. The van der Waals surface area contributed by atoms with Gasteiger partial charge in [-0.15, -0.1) is 0 Å². The first-order valence-corrected chi connectivity index (χ1v) is 5.12. The maximum absolute atomic E-state index is 8.62. The molecule has 5 heteroatoms. The van der Waals surface area contributed by atoms with Crippen LogP contribution in [0.3, 0.4) is 0 Å². The van der Waals surface area contributed by atoms with Crippen molar-refractivity contribution in [2.24, 2.45) is 0 Å². The summed E-state index contributed by atoms with van der Waals surface area (Å²) in [5.74, 6) is 0.760. The van der Waals surface area contributed by atoms with Crippen LogP contribution < -0.4 is 4.74 Å². The number of unbranched alkanes of at least 4 members (excludes halogenated alkanes) is 1. The van der Waals surface area contributed by atoms with Crippen LogP contribution in [0.1, 0.15) is 12.8 Å². The summed E-state index contributed by atoms with van der Waals surface area (Å²) < 4.78 is 12.1. The predicted octanol–water partition coefficient (Wildman–Crippen LogP) is 0.681. The predicted molar refractivity (Wildman–Crippen MR) is 55.9 cm³/mol. The summed E-state index contributed by atoms with van der Waals surface area (Å²) in [5, 5.41) is 12.8. The first kappa shape index (κ1) is 12.0. The Morgan fingerprint density at radius 3 is 3.00 bits per heavy atom. The monoisotopic (exact) mass is 214 g/mol. The molecule has 0 radical (unpaired) electrons. The van der Waals surface area contributed by atoms with Crippen molar-refractivity contribution < 1.29 is 14.6 Å². The highest BCUT2D eigenvalue weighted by atomic mass is 16.5. The molecule has 0 spiro atoms. The number of nitrogens with zero attached hydrogens (tertiary/aromatic N) is 2. The van der Waals surface area contributed by atoms with Gasteiger partial charge in [0.15, 0.2) is 5.75 Å². The quantitative estimate of drug-likeness (QED) is 0.646. The van der Waals surface area contributed by atoms with E-state index in [0.29, 0.717) is 13.2 Å². The molecule has 1 aromatic heterocycles. The van der Waals surface area contributed by atoms with Crippen LogP contribution >= 0.6 is 0 Å².